The van der Waals surface area contributed by atoms with Crippen molar-refractivity contribution in [3.8, 4) is 0 Å². The summed E-state index contributed by atoms with van der Waals surface area (Å²) in [6.07, 6.45) is 0. The molecule has 0 aliphatic heterocycles. The van der Waals surface area contributed by atoms with E-state index < -0.39 is 8.07 Å². The van der Waals surface area contributed by atoms with E-state index in [-0.39, 0.29) is 60.1 Å². The van der Waals surface area contributed by atoms with Gasteiger partial charge in [-0.3, -0.25) is 5.09 Å². The summed E-state index contributed by atoms with van der Waals surface area (Å²) in [4.78, 5) is 0. The van der Waals surface area contributed by atoms with E-state index in [4.69, 9.17) is 0 Å². The van der Waals surface area contributed by atoms with Gasteiger partial charge in [-0.2, -0.15) is 0 Å². The molecule has 0 heterocycles. The van der Waals surface area contributed by atoms with Gasteiger partial charge in [0, 0.05) is 31.0 Å². The van der Waals surface area contributed by atoms with Crippen molar-refractivity contribution in [3.63, 3.8) is 0 Å². The Balaban J connectivity index is -0.000000902. The average Bonchev–Trinajstić information content (AvgIpc) is 2.37. The topological polar surface area (TPSA) is 12.0 Å². The quantitative estimate of drug-likeness (QED) is 0.713. The van der Waals surface area contributed by atoms with E-state index in [1.165, 1.54) is 10.6 Å². The Morgan fingerprint density at radius 2 is 1.00 bits per heavy atom. The van der Waals surface area contributed by atoms with Gasteiger partial charge in [0.15, 0.2) is 0 Å². The third-order valence-corrected chi connectivity index (χ3v) is 5.00. The fourth-order valence-corrected chi connectivity index (χ4v) is 3.94. The molecule has 0 amide bonds. The van der Waals surface area contributed by atoms with Crippen LogP contribution in [-0.4, -0.2) is 5.54 Å². The summed E-state index contributed by atoms with van der Waals surface area (Å²) in [7, 11) is -0.489. The molecule has 0 aliphatic rings. The second-order valence-electron chi connectivity index (χ2n) is 5.37. The molecule has 0 bridgehead atoms. The molecule has 124 valence electrons. The summed E-state index contributed by atoms with van der Waals surface area (Å²) >= 11 is 0. The van der Waals surface area contributed by atoms with Gasteiger partial charge in [-0.05, 0) is 31.4 Å². The van der Waals surface area contributed by atoms with Crippen LogP contribution in [0.4, 0.5) is 0 Å². The van der Waals surface area contributed by atoms with Gasteiger partial charge in [0.05, 0.1) is 0 Å². The minimum Gasteiger partial charge on any atom is -0.284 e. The van der Waals surface area contributed by atoms with Gasteiger partial charge < -0.3 is 0 Å². The van der Waals surface area contributed by atoms with E-state index in [0.29, 0.717) is 0 Å². The summed E-state index contributed by atoms with van der Waals surface area (Å²) in [5.74, 6) is 0. The molecule has 0 atom stereocenters. The summed E-state index contributed by atoms with van der Waals surface area (Å²) in [6.45, 7) is 6.65. The first-order valence-electron chi connectivity index (χ1n) is 6.24. The Morgan fingerprint density at radius 3 is 1.27 bits per heavy atom. The maximum atomic E-state index is 3.75. The molecule has 1 nitrogen and oxygen atoms in total. The van der Waals surface area contributed by atoms with Gasteiger partial charge in [0.1, 0.15) is 0 Å². The van der Waals surface area contributed by atoms with Crippen LogP contribution in [0.15, 0.2) is 60.7 Å². The van der Waals surface area contributed by atoms with Gasteiger partial charge in [0.25, 0.3) is 0 Å². The first kappa shape index (κ1) is 27.1. The van der Waals surface area contributed by atoms with Crippen molar-refractivity contribution in [2.45, 2.75) is 26.3 Å². The summed E-state index contributed by atoms with van der Waals surface area (Å²) in [6, 6.07) is 21.4. The van der Waals surface area contributed by atoms with Gasteiger partial charge in [0.2, 0.25) is 0 Å². The largest absolute Gasteiger partial charge is 0.284 e. The second kappa shape index (κ2) is 12.6. The molecule has 0 aliphatic carbocycles. The molecule has 2 aromatic carbocycles. The first-order chi connectivity index (χ1) is 8.56. The Labute approximate surface area is 164 Å². The Hall–Kier alpha value is 0.232. The van der Waals surface area contributed by atoms with Crippen LogP contribution in [0.5, 0.6) is 0 Å². The van der Waals surface area contributed by atoms with Crippen LogP contribution >= 0.6 is 45.3 Å². The Bertz CT molecular complexity index is 452. The number of halogens is 3. The number of hydrogen-bond acceptors (Lipinski definition) is 1. The van der Waals surface area contributed by atoms with E-state index >= 15 is 0 Å². The minimum atomic E-state index is -0.489. The zero-order chi connectivity index (χ0) is 13.0. The van der Waals surface area contributed by atoms with Crippen molar-refractivity contribution in [3.05, 3.63) is 60.7 Å². The van der Waals surface area contributed by atoms with Crippen LogP contribution in [-0.2, 0) is 17.4 Å². The van der Waals surface area contributed by atoms with Gasteiger partial charge in [-0.15, -0.1) is 37.2 Å². The van der Waals surface area contributed by atoms with Gasteiger partial charge in [-0.25, -0.2) is 0 Å². The molecule has 1 N–H and O–H groups in total. The maximum absolute atomic E-state index is 3.75. The monoisotopic (exact) mass is 417 g/mol. The molecule has 0 saturated heterocycles. The molecule has 0 unspecified atom stereocenters. The van der Waals surface area contributed by atoms with E-state index in [2.05, 4.69) is 86.5 Å². The van der Waals surface area contributed by atoms with E-state index in [9.17, 15) is 0 Å². The number of benzene rings is 2. The zero-order valence-corrected chi connectivity index (χ0v) is 17.5. The number of rotatable bonds is 3. The second-order valence-corrected chi connectivity index (χ2v) is 7.30. The zero-order valence-electron chi connectivity index (χ0n) is 12.9. The molecule has 6 heteroatoms. The molecule has 0 saturated carbocycles. The maximum Gasteiger partial charge on any atom is 0.0257 e. The van der Waals surface area contributed by atoms with E-state index in [1.807, 2.05) is 0 Å². The normalized spacial score (nSPS) is 9.64. The Kier molecular flexibility index (Phi) is 15.6. The SMILES string of the molecule is CC(C)(C)NP(c1ccccc1)c1ccccc1.Cl.Cl.Cl.[Cr]. The fourth-order valence-electron chi connectivity index (χ4n) is 1.77. The molecular formula is C16H23Cl3CrNP. The Morgan fingerprint density at radius 1 is 0.682 bits per heavy atom. The van der Waals surface area contributed by atoms with Crippen molar-refractivity contribution in [1.29, 1.82) is 0 Å². The smallest absolute Gasteiger partial charge is 0.0257 e. The van der Waals surface area contributed by atoms with Crippen LogP contribution in [0.3, 0.4) is 0 Å². The molecule has 22 heavy (non-hydrogen) atoms. The van der Waals surface area contributed by atoms with Crippen LogP contribution < -0.4 is 15.7 Å². The standard InChI is InChI=1S/C16H20NP.3ClH.Cr/c1-16(2,3)17-18(14-10-6-4-7-11-14)15-12-8-5-9-13-15;;;;/h4-13,17H,1-3H3;3*1H;. The molecule has 0 fully saturated rings. The molecule has 0 aromatic heterocycles. The predicted octanol–water partition coefficient (Wildman–Crippen LogP) is 4.69. The van der Waals surface area contributed by atoms with Gasteiger partial charge >= 0.3 is 0 Å². The minimum absolute atomic E-state index is 0. The van der Waals surface area contributed by atoms with Crippen molar-refractivity contribution >= 4 is 55.9 Å². The van der Waals surface area contributed by atoms with E-state index in [0.717, 1.165) is 0 Å². The third-order valence-electron chi connectivity index (χ3n) is 2.48. The summed E-state index contributed by atoms with van der Waals surface area (Å²) in [5, 5.41) is 6.49. The molecule has 0 spiro atoms. The van der Waals surface area contributed by atoms with Crippen LogP contribution in [0.1, 0.15) is 20.8 Å². The predicted molar refractivity (Wildman–Crippen MR) is 104 cm³/mol. The van der Waals surface area contributed by atoms with Crippen molar-refractivity contribution in [1.82, 2.24) is 5.09 Å². The fraction of sp³-hybridized carbons (Fsp3) is 0.250. The van der Waals surface area contributed by atoms with Gasteiger partial charge in [-0.1, -0.05) is 60.7 Å². The first-order valence-corrected chi connectivity index (χ1v) is 7.58. The van der Waals surface area contributed by atoms with Crippen molar-refractivity contribution in [2.24, 2.45) is 0 Å². The van der Waals surface area contributed by atoms with Crippen molar-refractivity contribution < 1.29 is 17.4 Å². The third kappa shape index (κ3) is 8.76. The molecule has 2 rings (SSSR count). The molecular weight excluding hydrogens is 396 g/mol. The summed E-state index contributed by atoms with van der Waals surface area (Å²) < 4.78 is 0. The number of nitrogens with one attached hydrogen (secondary N) is 1. The van der Waals surface area contributed by atoms with Crippen LogP contribution in [0.25, 0.3) is 0 Å². The number of hydrogen-bond donors (Lipinski definition) is 1. The summed E-state index contributed by atoms with van der Waals surface area (Å²) in [5.41, 5.74) is 0.109. The molecule has 0 radical (unpaired) electrons. The van der Waals surface area contributed by atoms with Crippen LogP contribution in [0, 0.1) is 0 Å². The van der Waals surface area contributed by atoms with Crippen LogP contribution in [0.2, 0.25) is 0 Å². The van der Waals surface area contributed by atoms with Crippen molar-refractivity contribution in [2.75, 3.05) is 0 Å². The average molecular weight is 419 g/mol. The molecule has 2 aromatic rings. The van der Waals surface area contributed by atoms with E-state index in [1.54, 1.807) is 0 Å².